The van der Waals surface area contributed by atoms with Gasteiger partial charge in [0.1, 0.15) is 0 Å². The zero-order valence-electron chi connectivity index (χ0n) is 5.64. The van der Waals surface area contributed by atoms with Crippen LogP contribution >= 0.6 is 0 Å². The lowest BCUT2D eigenvalue weighted by molar-refractivity contribution is 0.224. The van der Waals surface area contributed by atoms with Gasteiger partial charge in [-0.15, -0.1) is 0 Å². The van der Waals surface area contributed by atoms with E-state index in [1.54, 1.807) is 0 Å². The molecule has 0 aromatic rings. The van der Waals surface area contributed by atoms with Crippen LogP contribution in [-0.4, -0.2) is 18.6 Å². The molecule has 0 aromatic carbocycles. The second-order valence-corrected chi connectivity index (χ2v) is 3.34. The molecule has 2 bridgehead atoms. The first-order valence-corrected chi connectivity index (χ1v) is 3.85. The molecule has 0 aromatic heterocycles. The van der Waals surface area contributed by atoms with Crippen molar-refractivity contribution in [3.63, 3.8) is 0 Å². The molecule has 52 valence electrons. The number of fused-ring (bicyclic) bond motifs is 3. The molecular weight excluding hydrogens is 112 g/mol. The van der Waals surface area contributed by atoms with Gasteiger partial charge in [-0.05, 0) is 31.7 Å². The smallest absolute Gasteiger partial charge is 0.00804 e. The lowest BCUT2D eigenvalue weighted by Gasteiger charge is -2.35. The first kappa shape index (κ1) is 5.69. The molecule has 9 heavy (non-hydrogen) atoms. The minimum absolute atomic E-state index is 0.497. The van der Waals surface area contributed by atoms with Crippen molar-refractivity contribution in [3.8, 4) is 0 Å². The molecule has 0 radical (unpaired) electrons. The molecule has 2 aliphatic heterocycles. The summed E-state index contributed by atoms with van der Waals surface area (Å²) in [6, 6.07) is 1.32. The van der Waals surface area contributed by atoms with Gasteiger partial charge < -0.3 is 11.1 Å². The highest BCUT2D eigenvalue weighted by molar-refractivity contribution is 4.94. The van der Waals surface area contributed by atoms with Crippen molar-refractivity contribution in [2.24, 2.45) is 11.7 Å². The molecule has 2 nitrogen and oxygen atoms in total. The molecule has 3 N–H and O–H groups in total. The average molecular weight is 126 g/mol. The van der Waals surface area contributed by atoms with Crippen LogP contribution in [0, 0.1) is 5.92 Å². The van der Waals surface area contributed by atoms with E-state index in [1.807, 2.05) is 0 Å². The molecule has 0 spiro atoms. The van der Waals surface area contributed by atoms with Crippen LogP contribution in [0.1, 0.15) is 19.3 Å². The van der Waals surface area contributed by atoms with Crippen LogP contribution in [0.15, 0.2) is 0 Å². The Morgan fingerprint density at radius 3 is 2.89 bits per heavy atom. The summed E-state index contributed by atoms with van der Waals surface area (Å²) in [5.41, 5.74) is 5.88. The van der Waals surface area contributed by atoms with E-state index in [0.717, 1.165) is 18.5 Å². The normalized spacial score (nSPS) is 49.7. The summed E-state index contributed by atoms with van der Waals surface area (Å²) >= 11 is 0. The van der Waals surface area contributed by atoms with Crippen molar-refractivity contribution in [1.29, 1.82) is 0 Å². The topological polar surface area (TPSA) is 38.0 Å². The Kier molecular flexibility index (Phi) is 1.24. The van der Waals surface area contributed by atoms with Crippen molar-refractivity contribution in [1.82, 2.24) is 5.32 Å². The van der Waals surface area contributed by atoms with E-state index in [-0.39, 0.29) is 0 Å². The summed E-state index contributed by atoms with van der Waals surface area (Å²) in [7, 11) is 0. The Balaban J connectivity index is 1.99. The van der Waals surface area contributed by atoms with Gasteiger partial charge in [-0.2, -0.15) is 0 Å². The van der Waals surface area contributed by atoms with Crippen LogP contribution in [0.3, 0.4) is 0 Å². The van der Waals surface area contributed by atoms with Gasteiger partial charge in [0, 0.05) is 12.1 Å². The van der Waals surface area contributed by atoms with Crippen molar-refractivity contribution >= 4 is 0 Å². The van der Waals surface area contributed by atoms with Crippen LogP contribution in [0.25, 0.3) is 0 Å². The summed E-state index contributed by atoms with van der Waals surface area (Å²) in [6.45, 7) is 1.14. The Hall–Kier alpha value is -0.0800. The largest absolute Gasteiger partial charge is 0.327 e. The van der Waals surface area contributed by atoms with Crippen LogP contribution in [-0.2, 0) is 0 Å². The molecule has 3 fully saturated rings. The van der Waals surface area contributed by atoms with Gasteiger partial charge in [0.05, 0.1) is 0 Å². The minimum Gasteiger partial charge on any atom is -0.327 e. The fraction of sp³-hybridized carbons (Fsp3) is 1.00. The van der Waals surface area contributed by atoms with E-state index in [4.69, 9.17) is 5.73 Å². The zero-order valence-corrected chi connectivity index (χ0v) is 5.64. The van der Waals surface area contributed by atoms with Gasteiger partial charge in [0.15, 0.2) is 0 Å². The fourth-order valence-corrected chi connectivity index (χ4v) is 1.87. The fourth-order valence-electron chi connectivity index (χ4n) is 1.87. The summed E-state index contributed by atoms with van der Waals surface area (Å²) in [5.74, 6) is 0.852. The third kappa shape index (κ3) is 0.864. The van der Waals surface area contributed by atoms with E-state index in [1.165, 1.54) is 19.3 Å². The molecule has 1 unspecified atom stereocenters. The number of hydrogen-bond donors (Lipinski definition) is 2. The Bertz CT molecular complexity index is 105. The highest BCUT2D eigenvalue weighted by Crippen LogP contribution is 2.32. The first-order chi connectivity index (χ1) is 4.36. The Morgan fingerprint density at radius 1 is 1.33 bits per heavy atom. The van der Waals surface area contributed by atoms with Crippen LogP contribution < -0.4 is 11.1 Å². The van der Waals surface area contributed by atoms with Crippen LogP contribution in [0.4, 0.5) is 0 Å². The van der Waals surface area contributed by atoms with Crippen molar-refractivity contribution < 1.29 is 0 Å². The molecule has 1 aliphatic carbocycles. The maximum atomic E-state index is 5.88. The predicted molar refractivity (Wildman–Crippen MR) is 37.1 cm³/mol. The lowest BCUT2D eigenvalue weighted by Crippen LogP contribution is -2.42. The summed E-state index contributed by atoms with van der Waals surface area (Å²) in [5, 5.41) is 3.46. The standard InChI is InChI=1S/C7H14N2/c8-7-1-2-9-6-3-5(7)4-6/h5-7,9H,1-4,8H2. The minimum atomic E-state index is 0.497. The Morgan fingerprint density at radius 2 is 2.11 bits per heavy atom. The highest BCUT2D eigenvalue weighted by atomic mass is 15.0. The summed E-state index contributed by atoms with van der Waals surface area (Å²) < 4.78 is 0. The highest BCUT2D eigenvalue weighted by Gasteiger charge is 2.35. The van der Waals surface area contributed by atoms with Gasteiger partial charge in [0.2, 0.25) is 0 Å². The van der Waals surface area contributed by atoms with Gasteiger partial charge >= 0.3 is 0 Å². The van der Waals surface area contributed by atoms with Crippen LogP contribution in [0.5, 0.6) is 0 Å². The molecule has 1 atom stereocenters. The molecule has 3 aliphatic rings. The van der Waals surface area contributed by atoms with Crippen LogP contribution in [0.2, 0.25) is 0 Å². The van der Waals surface area contributed by atoms with Gasteiger partial charge in [-0.1, -0.05) is 0 Å². The second-order valence-electron chi connectivity index (χ2n) is 3.34. The lowest BCUT2D eigenvalue weighted by atomic mass is 9.77. The molecule has 0 amide bonds. The quantitative estimate of drug-likeness (QED) is 0.482. The average Bonchev–Trinajstić information content (AvgIpc) is 1.93. The van der Waals surface area contributed by atoms with E-state index < -0.39 is 0 Å². The third-order valence-corrected chi connectivity index (χ3v) is 2.69. The van der Waals surface area contributed by atoms with Crippen molar-refractivity contribution in [3.05, 3.63) is 0 Å². The van der Waals surface area contributed by atoms with E-state index >= 15 is 0 Å². The van der Waals surface area contributed by atoms with Gasteiger partial charge in [-0.3, -0.25) is 0 Å². The molecule has 2 heterocycles. The SMILES string of the molecule is NC1CCNC2CC1C2. The monoisotopic (exact) mass is 126 g/mol. The molecule has 3 rings (SSSR count). The maximum Gasteiger partial charge on any atom is 0.00804 e. The van der Waals surface area contributed by atoms with Crippen molar-refractivity contribution in [2.45, 2.75) is 31.3 Å². The first-order valence-electron chi connectivity index (χ1n) is 3.85. The summed E-state index contributed by atoms with van der Waals surface area (Å²) in [6.07, 6.45) is 3.85. The summed E-state index contributed by atoms with van der Waals surface area (Å²) in [4.78, 5) is 0. The number of hydrogen-bond acceptors (Lipinski definition) is 2. The molecular formula is C7H14N2. The number of rotatable bonds is 0. The van der Waals surface area contributed by atoms with Crippen molar-refractivity contribution in [2.75, 3.05) is 6.54 Å². The molecule has 2 heteroatoms. The number of nitrogens with two attached hydrogens (primary N) is 1. The van der Waals surface area contributed by atoms with E-state index in [2.05, 4.69) is 5.32 Å². The number of nitrogens with one attached hydrogen (secondary N) is 1. The van der Waals surface area contributed by atoms with Gasteiger partial charge in [0.25, 0.3) is 0 Å². The van der Waals surface area contributed by atoms with E-state index in [0.29, 0.717) is 6.04 Å². The van der Waals surface area contributed by atoms with Gasteiger partial charge in [-0.25, -0.2) is 0 Å². The molecule has 1 saturated carbocycles. The Labute approximate surface area is 55.8 Å². The maximum absolute atomic E-state index is 5.88. The molecule has 2 saturated heterocycles. The zero-order chi connectivity index (χ0) is 6.27. The third-order valence-electron chi connectivity index (χ3n) is 2.69. The second kappa shape index (κ2) is 1.96. The van der Waals surface area contributed by atoms with E-state index in [9.17, 15) is 0 Å². The predicted octanol–water partition coefficient (Wildman–Crippen LogP) is 0.0856.